The maximum absolute atomic E-state index is 11.0. The summed E-state index contributed by atoms with van der Waals surface area (Å²) in [6, 6.07) is 14.7. The molecular weight excluding hydrogens is 254 g/mol. The van der Waals surface area contributed by atoms with Crippen molar-refractivity contribution in [1.82, 2.24) is 0 Å². The molecule has 0 fully saturated rings. The molecule has 104 valence electrons. The van der Waals surface area contributed by atoms with Crippen molar-refractivity contribution in [3.63, 3.8) is 0 Å². The minimum absolute atomic E-state index is 0.295. The number of nitrogens with zero attached hydrogens (tertiary/aromatic N) is 1. The first-order valence-corrected chi connectivity index (χ1v) is 6.27. The van der Waals surface area contributed by atoms with Gasteiger partial charge < -0.3 is 14.7 Å². The zero-order valence-electron chi connectivity index (χ0n) is 11.5. The minimum Gasteiger partial charge on any atom is -0.497 e. The predicted molar refractivity (Wildman–Crippen MR) is 78.5 cm³/mol. The molecule has 20 heavy (non-hydrogen) atoms. The van der Waals surface area contributed by atoms with Crippen LogP contribution in [0.2, 0.25) is 0 Å². The van der Waals surface area contributed by atoms with Crippen molar-refractivity contribution in [3.05, 3.63) is 59.7 Å². The Balaban J connectivity index is 2.12. The van der Waals surface area contributed by atoms with Crippen LogP contribution >= 0.6 is 0 Å². The number of anilines is 1. The van der Waals surface area contributed by atoms with E-state index in [-0.39, 0.29) is 0 Å². The average Bonchev–Trinajstić information content (AvgIpc) is 2.48. The Morgan fingerprint density at radius 3 is 2.50 bits per heavy atom. The van der Waals surface area contributed by atoms with E-state index in [1.165, 1.54) is 0 Å². The lowest BCUT2D eigenvalue weighted by molar-refractivity contribution is 0.0697. The van der Waals surface area contributed by atoms with Gasteiger partial charge in [-0.1, -0.05) is 18.2 Å². The second-order valence-electron chi connectivity index (χ2n) is 4.56. The molecular formula is C16H17NO3. The molecule has 2 aromatic carbocycles. The molecule has 4 nitrogen and oxygen atoms in total. The number of hydrogen-bond acceptors (Lipinski definition) is 3. The summed E-state index contributed by atoms with van der Waals surface area (Å²) in [5.74, 6) is -0.0889. The molecule has 0 aromatic heterocycles. The average molecular weight is 271 g/mol. The summed E-state index contributed by atoms with van der Waals surface area (Å²) in [7, 11) is 3.57. The van der Waals surface area contributed by atoms with Gasteiger partial charge in [-0.3, -0.25) is 0 Å². The Kier molecular flexibility index (Phi) is 4.25. The number of rotatable bonds is 5. The zero-order valence-corrected chi connectivity index (χ0v) is 11.5. The molecule has 4 heteroatoms. The molecule has 2 aromatic rings. The molecule has 0 spiro atoms. The van der Waals surface area contributed by atoms with Crippen molar-refractivity contribution >= 4 is 11.7 Å². The van der Waals surface area contributed by atoms with Crippen molar-refractivity contribution in [2.45, 2.75) is 6.54 Å². The molecule has 0 heterocycles. The van der Waals surface area contributed by atoms with Crippen LogP contribution in [0.3, 0.4) is 0 Å². The summed E-state index contributed by atoms with van der Waals surface area (Å²) in [4.78, 5) is 13.0. The maximum atomic E-state index is 11.0. The summed E-state index contributed by atoms with van der Waals surface area (Å²) < 4.78 is 5.12. The normalized spacial score (nSPS) is 10.1. The van der Waals surface area contributed by atoms with Gasteiger partial charge in [-0.25, -0.2) is 4.79 Å². The number of aromatic carboxylic acids is 1. The van der Waals surface area contributed by atoms with E-state index in [2.05, 4.69) is 0 Å². The van der Waals surface area contributed by atoms with Crippen LogP contribution < -0.4 is 9.64 Å². The topological polar surface area (TPSA) is 49.8 Å². The first-order valence-electron chi connectivity index (χ1n) is 6.27. The monoisotopic (exact) mass is 271 g/mol. The van der Waals surface area contributed by atoms with E-state index in [9.17, 15) is 4.79 Å². The number of carboxylic acid groups (broad SMARTS) is 1. The molecule has 0 aliphatic heterocycles. The third-order valence-electron chi connectivity index (χ3n) is 3.11. The molecule has 0 unspecified atom stereocenters. The van der Waals surface area contributed by atoms with Crippen LogP contribution in [-0.2, 0) is 6.54 Å². The summed E-state index contributed by atoms with van der Waals surface area (Å²) in [6.45, 7) is 0.701. The fourth-order valence-electron chi connectivity index (χ4n) is 1.97. The highest BCUT2D eigenvalue weighted by molar-refractivity contribution is 5.88. The molecule has 0 bridgehead atoms. The third kappa shape index (κ3) is 3.29. The van der Waals surface area contributed by atoms with Crippen LogP contribution in [-0.4, -0.2) is 25.2 Å². The van der Waals surface area contributed by atoms with Gasteiger partial charge in [0.15, 0.2) is 0 Å². The van der Waals surface area contributed by atoms with E-state index < -0.39 is 5.97 Å². The lowest BCUT2D eigenvalue weighted by Crippen LogP contribution is -2.16. The lowest BCUT2D eigenvalue weighted by atomic mass is 10.1. The van der Waals surface area contributed by atoms with Crippen LogP contribution in [0.5, 0.6) is 5.75 Å². The van der Waals surface area contributed by atoms with Crippen LogP contribution in [0.25, 0.3) is 0 Å². The van der Waals surface area contributed by atoms with E-state index in [0.717, 1.165) is 17.0 Å². The van der Waals surface area contributed by atoms with E-state index in [4.69, 9.17) is 9.84 Å². The Morgan fingerprint density at radius 2 is 1.90 bits per heavy atom. The van der Waals surface area contributed by atoms with Gasteiger partial charge in [-0.05, 0) is 35.9 Å². The summed E-state index contributed by atoms with van der Waals surface area (Å²) in [5.41, 5.74) is 2.30. The highest BCUT2D eigenvalue weighted by Crippen LogP contribution is 2.18. The fraction of sp³-hybridized carbons (Fsp3) is 0.188. The van der Waals surface area contributed by atoms with Crippen LogP contribution in [0.4, 0.5) is 5.69 Å². The Bertz CT molecular complexity index is 593. The van der Waals surface area contributed by atoms with Crippen molar-refractivity contribution in [1.29, 1.82) is 0 Å². The van der Waals surface area contributed by atoms with Crippen LogP contribution in [0.1, 0.15) is 15.9 Å². The van der Waals surface area contributed by atoms with Crippen LogP contribution in [0.15, 0.2) is 48.5 Å². The highest BCUT2D eigenvalue weighted by atomic mass is 16.5. The quantitative estimate of drug-likeness (QED) is 0.908. The van der Waals surface area contributed by atoms with E-state index in [0.29, 0.717) is 12.1 Å². The fourth-order valence-corrected chi connectivity index (χ4v) is 1.97. The first kappa shape index (κ1) is 13.9. The third-order valence-corrected chi connectivity index (χ3v) is 3.11. The molecule has 0 aliphatic carbocycles. The lowest BCUT2D eigenvalue weighted by Gasteiger charge is -2.20. The number of carbonyl (C=O) groups is 1. The molecule has 0 radical (unpaired) electrons. The number of ether oxygens (including phenoxy) is 1. The second kappa shape index (κ2) is 6.10. The summed E-state index contributed by atoms with van der Waals surface area (Å²) in [6.07, 6.45) is 0. The number of methoxy groups -OCH3 is 1. The number of benzene rings is 2. The Labute approximate surface area is 118 Å². The predicted octanol–water partition coefficient (Wildman–Crippen LogP) is 3.03. The van der Waals surface area contributed by atoms with Gasteiger partial charge in [0, 0.05) is 19.3 Å². The zero-order chi connectivity index (χ0) is 14.5. The maximum Gasteiger partial charge on any atom is 0.335 e. The van der Waals surface area contributed by atoms with Gasteiger partial charge in [0.1, 0.15) is 5.75 Å². The van der Waals surface area contributed by atoms with Gasteiger partial charge in [0.25, 0.3) is 0 Å². The molecule has 0 saturated heterocycles. The van der Waals surface area contributed by atoms with Crippen molar-refractivity contribution in [2.75, 3.05) is 19.1 Å². The summed E-state index contributed by atoms with van der Waals surface area (Å²) in [5, 5.41) is 9.01. The van der Waals surface area contributed by atoms with Gasteiger partial charge in [0.2, 0.25) is 0 Å². The SMILES string of the molecule is COc1ccc(CN(C)c2cccc(C(=O)O)c2)cc1. The highest BCUT2D eigenvalue weighted by Gasteiger charge is 2.07. The van der Waals surface area contributed by atoms with E-state index in [1.807, 2.05) is 42.3 Å². The number of hydrogen-bond donors (Lipinski definition) is 1. The summed E-state index contributed by atoms with van der Waals surface area (Å²) >= 11 is 0. The standard InChI is InChI=1S/C16H17NO3/c1-17(11-12-6-8-15(20-2)9-7-12)14-5-3-4-13(10-14)16(18)19/h3-10H,11H2,1-2H3,(H,18,19). The van der Waals surface area contributed by atoms with E-state index >= 15 is 0 Å². The molecule has 1 N–H and O–H groups in total. The minimum atomic E-state index is -0.912. The first-order chi connectivity index (χ1) is 9.60. The van der Waals surface area contributed by atoms with Crippen molar-refractivity contribution in [2.24, 2.45) is 0 Å². The molecule has 2 rings (SSSR count). The van der Waals surface area contributed by atoms with Gasteiger partial charge in [0.05, 0.1) is 12.7 Å². The van der Waals surface area contributed by atoms with Crippen molar-refractivity contribution < 1.29 is 14.6 Å². The van der Waals surface area contributed by atoms with Crippen LogP contribution in [0, 0.1) is 0 Å². The molecule has 0 amide bonds. The molecule has 0 aliphatic rings. The smallest absolute Gasteiger partial charge is 0.335 e. The van der Waals surface area contributed by atoms with Crippen molar-refractivity contribution in [3.8, 4) is 5.75 Å². The second-order valence-corrected chi connectivity index (χ2v) is 4.56. The van der Waals surface area contributed by atoms with Gasteiger partial charge in [-0.15, -0.1) is 0 Å². The largest absolute Gasteiger partial charge is 0.497 e. The van der Waals surface area contributed by atoms with Gasteiger partial charge in [-0.2, -0.15) is 0 Å². The molecule has 0 atom stereocenters. The Hall–Kier alpha value is -2.49. The van der Waals surface area contributed by atoms with Gasteiger partial charge >= 0.3 is 5.97 Å². The number of carboxylic acids is 1. The molecule has 0 saturated carbocycles. The van der Waals surface area contributed by atoms with E-state index in [1.54, 1.807) is 25.3 Å². The Morgan fingerprint density at radius 1 is 1.20 bits per heavy atom.